The van der Waals surface area contributed by atoms with E-state index in [-0.39, 0.29) is 24.8 Å². The van der Waals surface area contributed by atoms with Gasteiger partial charge in [-0.15, -0.1) is 0 Å². The van der Waals surface area contributed by atoms with E-state index in [2.05, 4.69) is 5.32 Å². The summed E-state index contributed by atoms with van der Waals surface area (Å²) >= 11 is 12.3. The number of aryl methyl sites for hydroxylation is 3. The molecule has 2 aromatic rings. The monoisotopic (exact) mass is 392 g/mol. The summed E-state index contributed by atoms with van der Waals surface area (Å²) in [4.78, 5) is 26.0. The third kappa shape index (κ3) is 4.99. The molecule has 0 unspecified atom stereocenters. The summed E-state index contributed by atoms with van der Waals surface area (Å²) in [5.74, 6) is -0.336. The van der Waals surface area contributed by atoms with Crippen molar-refractivity contribution < 1.29 is 9.59 Å². The Bertz CT molecular complexity index is 827. The maximum atomic E-state index is 12.3. The van der Waals surface area contributed by atoms with E-state index in [1.165, 1.54) is 6.92 Å². The van der Waals surface area contributed by atoms with Gasteiger partial charge in [0.25, 0.3) is 0 Å². The first-order chi connectivity index (χ1) is 12.2. The van der Waals surface area contributed by atoms with E-state index in [4.69, 9.17) is 23.2 Å². The van der Waals surface area contributed by atoms with Crippen LogP contribution < -0.4 is 10.2 Å². The molecule has 1 N–H and O–H groups in total. The first kappa shape index (κ1) is 20.3. The van der Waals surface area contributed by atoms with Gasteiger partial charge in [-0.1, -0.05) is 29.3 Å². The molecule has 0 aromatic heterocycles. The van der Waals surface area contributed by atoms with Crippen LogP contribution in [0.15, 0.2) is 30.3 Å². The van der Waals surface area contributed by atoms with Gasteiger partial charge in [0.1, 0.15) is 0 Å². The number of halogens is 2. The Morgan fingerprint density at radius 1 is 1.04 bits per heavy atom. The Morgan fingerprint density at radius 3 is 2.31 bits per heavy atom. The minimum Gasteiger partial charge on any atom is -0.326 e. The molecule has 0 aliphatic rings. The number of nitrogens with zero attached hydrogens (tertiary/aromatic N) is 1. The molecular weight excluding hydrogens is 371 g/mol. The van der Waals surface area contributed by atoms with Crippen LogP contribution >= 0.6 is 23.2 Å². The molecule has 0 atom stereocenters. The molecule has 26 heavy (non-hydrogen) atoms. The van der Waals surface area contributed by atoms with E-state index in [1.54, 1.807) is 23.1 Å². The zero-order chi connectivity index (χ0) is 19.4. The van der Waals surface area contributed by atoms with Crippen molar-refractivity contribution in [3.63, 3.8) is 0 Å². The average molecular weight is 393 g/mol. The first-order valence-corrected chi connectivity index (χ1v) is 9.05. The molecule has 0 aliphatic heterocycles. The Labute approximate surface area is 164 Å². The van der Waals surface area contributed by atoms with Crippen LogP contribution in [-0.4, -0.2) is 18.4 Å². The van der Waals surface area contributed by atoms with Crippen LogP contribution in [0.25, 0.3) is 0 Å². The Balaban J connectivity index is 2.12. The highest BCUT2D eigenvalue weighted by Gasteiger charge is 2.19. The number of carbonyl (C=O) groups is 2. The number of amides is 2. The fourth-order valence-electron chi connectivity index (χ4n) is 2.87. The normalized spacial score (nSPS) is 10.5. The third-order valence-corrected chi connectivity index (χ3v) is 4.60. The molecule has 138 valence electrons. The number of nitrogens with one attached hydrogen (secondary N) is 1. The van der Waals surface area contributed by atoms with E-state index >= 15 is 0 Å². The minimum atomic E-state index is -0.178. The van der Waals surface area contributed by atoms with Gasteiger partial charge < -0.3 is 10.2 Å². The summed E-state index contributed by atoms with van der Waals surface area (Å²) in [6.45, 7) is 7.44. The molecule has 0 saturated carbocycles. The fourth-order valence-corrected chi connectivity index (χ4v) is 3.52. The van der Waals surface area contributed by atoms with Gasteiger partial charge in [0, 0.05) is 30.6 Å². The summed E-state index contributed by atoms with van der Waals surface area (Å²) in [6.07, 6.45) is 0.158. The molecule has 2 amide bonds. The highest BCUT2D eigenvalue weighted by molar-refractivity contribution is 6.34. The lowest BCUT2D eigenvalue weighted by atomic mass is 10.1. The fraction of sp³-hybridized carbons (Fsp3) is 0.300. The number of hydrogen-bond donors (Lipinski definition) is 1. The smallest absolute Gasteiger partial charge is 0.226 e. The lowest BCUT2D eigenvalue weighted by Crippen LogP contribution is -2.32. The second-order valence-corrected chi connectivity index (χ2v) is 7.18. The van der Waals surface area contributed by atoms with Gasteiger partial charge >= 0.3 is 0 Å². The van der Waals surface area contributed by atoms with Crippen molar-refractivity contribution in [1.82, 2.24) is 0 Å². The van der Waals surface area contributed by atoms with Gasteiger partial charge in [-0.25, -0.2) is 0 Å². The van der Waals surface area contributed by atoms with E-state index in [9.17, 15) is 9.59 Å². The van der Waals surface area contributed by atoms with Crippen LogP contribution in [0.4, 0.5) is 11.4 Å². The molecule has 2 rings (SSSR count). The standard InChI is InChI=1S/C20H22Cl2N2O2/c1-12-9-14(3)20(17(22)10-12)24(15(4)25)8-7-19(26)23-18-6-5-16(21)11-13(18)2/h5-6,9-11H,7-8H2,1-4H3,(H,23,26). The van der Waals surface area contributed by atoms with Crippen LogP contribution in [0.5, 0.6) is 0 Å². The van der Waals surface area contributed by atoms with Crippen molar-refractivity contribution in [2.75, 3.05) is 16.8 Å². The quantitative estimate of drug-likeness (QED) is 0.749. The maximum Gasteiger partial charge on any atom is 0.226 e. The van der Waals surface area contributed by atoms with Crippen molar-refractivity contribution in [3.05, 3.63) is 57.1 Å². The molecule has 0 fully saturated rings. The second kappa shape index (κ2) is 8.56. The molecular formula is C20H22Cl2N2O2. The lowest BCUT2D eigenvalue weighted by Gasteiger charge is -2.24. The van der Waals surface area contributed by atoms with Crippen LogP contribution in [0.2, 0.25) is 10.0 Å². The highest BCUT2D eigenvalue weighted by atomic mass is 35.5. The van der Waals surface area contributed by atoms with Crippen molar-refractivity contribution in [2.24, 2.45) is 0 Å². The Morgan fingerprint density at radius 2 is 1.73 bits per heavy atom. The van der Waals surface area contributed by atoms with E-state index in [0.717, 1.165) is 16.7 Å². The number of benzene rings is 2. The molecule has 0 heterocycles. The van der Waals surface area contributed by atoms with Crippen LogP contribution in [0.1, 0.15) is 30.0 Å². The van der Waals surface area contributed by atoms with Crippen LogP contribution in [-0.2, 0) is 9.59 Å². The number of rotatable bonds is 5. The van der Waals surface area contributed by atoms with Gasteiger partial charge in [0.05, 0.1) is 10.7 Å². The summed E-state index contributed by atoms with van der Waals surface area (Å²) < 4.78 is 0. The van der Waals surface area contributed by atoms with Crippen molar-refractivity contribution in [2.45, 2.75) is 34.1 Å². The lowest BCUT2D eigenvalue weighted by molar-refractivity contribution is -0.117. The van der Waals surface area contributed by atoms with Crippen LogP contribution in [0, 0.1) is 20.8 Å². The zero-order valence-electron chi connectivity index (χ0n) is 15.3. The average Bonchev–Trinajstić information content (AvgIpc) is 2.52. The first-order valence-electron chi connectivity index (χ1n) is 8.30. The van der Waals surface area contributed by atoms with Gasteiger partial charge in [-0.05, 0) is 61.7 Å². The van der Waals surface area contributed by atoms with Crippen LogP contribution in [0.3, 0.4) is 0 Å². The summed E-state index contributed by atoms with van der Waals surface area (Å²) in [5, 5.41) is 3.98. The predicted molar refractivity (Wildman–Crippen MR) is 108 cm³/mol. The van der Waals surface area contributed by atoms with E-state index in [0.29, 0.717) is 21.4 Å². The highest BCUT2D eigenvalue weighted by Crippen LogP contribution is 2.31. The largest absolute Gasteiger partial charge is 0.326 e. The number of anilines is 2. The Hall–Kier alpha value is -2.04. The predicted octanol–water partition coefficient (Wildman–Crippen LogP) is 5.30. The SMILES string of the molecule is CC(=O)N(CCC(=O)Nc1ccc(Cl)cc1C)c1c(C)cc(C)cc1Cl. The summed E-state index contributed by atoms with van der Waals surface area (Å²) in [6, 6.07) is 9.06. The summed E-state index contributed by atoms with van der Waals surface area (Å²) in [7, 11) is 0. The van der Waals surface area contributed by atoms with E-state index in [1.807, 2.05) is 32.9 Å². The van der Waals surface area contributed by atoms with Crippen molar-refractivity contribution >= 4 is 46.4 Å². The summed E-state index contributed by atoms with van der Waals surface area (Å²) in [5.41, 5.74) is 4.17. The second-order valence-electron chi connectivity index (χ2n) is 6.34. The zero-order valence-corrected chi connectivity index (χ0v) is 16.8. The molecule has 6 heteroatoms. The molecule has 4 nitrogen and oxygen atoms in total. The minimum absolute atomic E-state index is 0.158. The molecule has 0 saturated heterocycles. The van der Waals surface area contributed by atoms with Crippen molar-refractivity contribution in [1.29, 1.82) is 0 Å². The van der Waals surface area contributed by atoms with Gasteiger partial charge in [-0.2, -0.15) is 0 Å². The van der Waals surface area contributed by atoms with E-state index < -0.39 is 0 Å². The number of hydrogen-bond acceptors (Lipinski definition) is 2. The molecule has 0 spiro atoms. The van der Waals surface area contributed by atoms with Gasteiger partial charge in [0.2, 0.25) is 11.8 Å². The topological polar surface area (TPSA) is 49.4 Å². The van der Waals surface area contributed by atoms with Gasteiger partial charge in [-0.3, -0.25) is 9.59 Å². The van der Waals surface area contributed by atoms with Gasteiger partial charge in [0.15, 0.2) is 0 Å². The molecule has 2 aromatic carbocycles. The Kier molecular flexibility index (Phi) is 6.68. The molecule has 0 bridgehead atoms. The molecule has 0 radical (unpaired) electrons. The third-order valence-electron chi connectivity index (χ3n) is 4.07. The van der Waals surface area contributed by atoms with Crippen molar-refractivity contribution in [3.8, 4) is 0 Å². The maximum absolute atomic E-state index is 12.3. The molecule has 0 aliphatic carbocycles. The number of carbonyl (C=O) groups excluding carboxylic acids is 2.